The molecule has 3 N–H and O–H groups in total. The van der Waals surface area contributed by atoms with E-state index in [1.54, 1.807) is 0 Å². The van der Waals surface area contributed by atoms with Crippen LogP contribution in [0.1, 0.15) is 58.3 Å². The van der Waals surface area contributed by atoms with Gasteiger partial charge in [-0.1, -0.05) is 31.4 Å². The summed E-state index contributed by atoms with van der Waals surface area (Å²) in [5.74, 6) is 1.22. The van der Waals surface area contributed by atoms with Crippen molar-refractivity contribution in [2.45, 2.75) is 64.3 Å². The fourth-order valence-corrected chi connectivity index (χ4v) is 4.35. The maximum atomic E-state index is 12.5. The number of piperidine rings is 1. The van der Waals surface area contributed by atoms with E-state index in [0.717, 1.165) is 45.2 Å². The Morgan fingerprint density at radius 2 is 1.80 bits per heavy atom. The highest BCUT2D eigenvalue weighted by Gasteiger charge is 2.24. The molecule has 1 saturated carbocycles. The van der Waals surface area contributed by atoms with Crippen LogP contribution >= 0.6 is 0 Å². The Morgan fingerprint density at radius 3 is 2.53 bits per heavy atom. The molecule has 30 heavy (non-hydrogen) atoms. The molecule has 0 spiro atoms. The molecule has 1 aliphatic carbocycles. The van der Waals surface area contributed by atoms with Crippen molar-refractivity contribution in [3.63, 3.8) is 0 Å². The van der Waals surface area contributed by atoms with Crippen LogP contribution in [0.5, 0.6) is 5.75 Å². The lowest BCUT2D eigenvalue weighted by Gasteiger charge is -2.34. The Balaban J connectivity index is 1.32. The quantitative estimate of drug-likeness (QED) is 0.618. The van der Waals surface area contributed by atoms with E-state index in [4.69, 9.17) is 4.74 Å². The molecule has 0 bridgehead atoms. The molecule has 2 fully saturated rings. The number of hydrogen-bond acceptors (Lipinski definition) is 3. The second-order valence-electron chi connectivity index (χ2n) is 8.31. The number of hydrogen-bond donors (Lipinski definition) is 3. The summed E-state index contributed by atoms with van der Waals surface area (Å²) < 4.78 is 5.53. The van der Waals surface area contributed by atoms with E-state index in [9.17, 15) is 9.59 Å². The van der Waals surface area contributed by atoms with Crippen LogP contribution in [0.2, 0.25) is 0 Å². The number of carbonyl (C=O) groups excluding carboxylic acids is 2. The normalized spacial score (nSPS) is 18.0. The minimum atomic E-state index is -0.216. The van der Waals surface area contributed by atoms with Crippen LogP contribution in [0, 0.1) is 5.92 Å². The van der Waals surface area contributed by atoms with Crippen LogP contribution in [0.3, 0.4) is 0 Å². The summed E-state index contributed by atoms with van der Waals surface area (Å²) in [6.45, 7) is 4.70. The van der Waals surface area contributed by atoms with E-state index in [1.807, 2.05) is 36.1 Å². The third-order valence-electron chi connectivity index (χ3n) is 6.11. The first-order valence-corrected chi connectivity index (χ1v) is 11.5. The second-order valence-corrected chi connectivity index (χ2v) is 8.31. The number of anilines is 1. The topological polar surface area (TPSA) is 82.7 Å². The minimum Gasteiger partial charge on any atom is -0.492 e. The number of rotatable bonds is 7. The SMILES string of the molecule is CCOc1ccccc1NC(=O)NCCC1CCN(C(=O)NC2CCCCC2)CC1. The highest BCUT2D eigenvalue weighted by molar-refractivity contribution is 5.90. The average Bonchev–Trinajstić information content (AvgIpc) is 2.76. The van der Waals surface area contributed by atoms with Gasteiger partial charge >= 0.3 is 12.1 Å². The Hall–Kier alpha value is -2.44. The molecule has 1 saturated heterocycles. The summed E-state index contributed by atoms with van der Waals surface area (Å²) in [7, 11) is 0. The van der Waals surface area contributed by atoms with Gasteiger partial charge in [0.15, 0.2) is 0 Å². The Labute approximate surface area is 179 Å². The highest BCUT2D eigenvalue weighted by atomic mass is 16.5. The van der Waals surface area contributed by atoms with Crippen LogP contribution in [0.25, 0.3) is 0 Å². The van der Waals surface area contributed by atoms with Crippen molar-refractivity contribution in [3.05, 3.63) is 24.3 Å². The fraction of sp³-hybridized carbons (Fsp3) is 0.652. The number of nitrogens with zero attached hydrogens (tertiary/aromatic N) is 1. The molecule has 0 atom stereocenters. The lowest BCUT2D eigenvalue weighted by molar-refractivity contribution is 0.162. The van der Waals surface area contributed by atoms with E-state index in [0.29, 0.717) is 36.5 Å². The van der Waals surface area contributed by atoms with Gasteiger partial charge in [0.2, 0.25) is 0 Å². The Bertz CT molecular complexity index is 683. The number of amides is 4. The number of para-hydroxylation sites is 2. The molecule has 1 heterocycles. The second kappa shape index (κ2) is 11.7. The summed E-state index contributed by atoms with van der Waals surface area (Å²) in [4.78, 5) is 26.6. The summed E-state index contributed by atoms with van der Waals surface area (Å²) in [5, 5.41) is 9.00. The average molecular weight is 417 g/mol. The number of nitrogens with one attached hydrogen (secondary N) is 3. The van der Waals surface area contributed by atoms with E-state index < -0.39 is 0 Å². The molecule has 0 radical (unpaired) electrons. The molecule has 1 aliphatic heterocycles. The molecule has 2 aliphatic rings. The van der Waals surface area contributed by atoms with Gasteiger partial charge in [0.05, 0.1) is 12.3 Å². The molecule has 3 rings (SSSR count). The molecular formula is C23H36N4O3. The molecule has 1 aromatic carbocycles. The van der Waals surface area contributed by atoms with Crippen molar-refractivity contribution in [2.75, 3.05) is 31.6 Å². The van der Waals surface area contributed by atoms with Gasteiger partial charge in [0, 0.05) is 25.7 Å². The molecule has 1 aromatic rings. The van der Waals surface area contributed by atoms with Crippen molar-refractivity contribution in [1.82, 2.24) is 15.5 Å². The van der Waals surface area contributed by atoms with Gasteiger partial charge < -0.3 is 25.6 Å². The summed E-state index contributed by atoms with van der Waals surface area (Å²) >= 11 is 0. The van der Waals surface area contributed by atoms with Crippen LogP contribution in [-0.2, 0) is 0 Å². The van der Waals surface area contributed by atoms with Gasteiger partial charge in [-0.2, -0.15) is 0 Å². The van der Waals surface area contributed by atoms with Crippen molar-refractivity contribution < 1.29 is 14.3 Å². The summed E-state index contributed by atoms with van der Waals surface area (Å²) in [6, 6.07) is 7.68. The largest absolute Gasteiger partial charge is 0.492 e. The van der Waals surface area contributed by atoms with Crippen LogP contribution < -0.4 is 20.7 Å². The third kappa shape index (κ3) is 6.82. The van der Waals surface area contributed by atoms with Crippen LogP contribution in [-0.4, -0.2) is 49.2 Å². The zero-order chi connectivity index (χ0) is 21.2. The first kappa shape index (κ1) is 22.2. The van der Waals surface area contributed by atoms with E-state index in [1.165, 1.54) is 19.3 Å². The number of likely N-dealkylation sites (tertiary alicyclic amines) is 1. The number of carbonyl (C=O) groups is 2. The smallest absolute Gasteiger partial charge is 0.319 e. The molecular weight excluding hydrogens is 380 g/mol. The molecule has 4 amide bonds. The molecule has 7 nitrogen and oxygen atoms in total. The van der Waals surface area contributed by atoms with Gasteiger partial charge in [0.1, 0.15) is 5.75 Å². The summed E-state index contributed by atoms with van der Waals surface area (Å²) in [5.41, 5.74) is 0.675. The molecule has 0 unspecified atom stereocenters. The predicted molar refractivity (Wildman–Crippen MR) is 119 cm³/mol. The lowest BCUT2D eigenvalue weighted by Crippen LogP contribution is -2.48. The number of benzene rings is 1. The minimum absolute atomic E-state index is 0.103. The van der Waals surface area contributed by atoms with Gasteiger partial charge in [-0.05, 0) is 57.1 Å². The van der Waals surface area contributed by atoms with E-state index >= 15 is 0 Å². The monoisotopic (exact) mass is 416 g/mol. The lowest BCUT2D eigenvalue weighted by atomic mass is 9.93. The van der Waals surface area contributed by atoms with E-state index in [2.05, 4.69) is 16.0 Å². The van der Waals surface area contributed by atoms with Gasteiger partial charge in [0.25, 0.3) is 0 Å². The molecule has 166 valence electrons. The maximum absolute atomic E-state index is 12.5. The van der Waals surface area contributed by atoms with Crippen LogP contribution in [0.4, 0.5) is 15.3 Å². The first-order chi connectivity index (χ1) is 14.7. The van der Waals surface area contributed by atoms with Crippen LogP contribution in [0.15, 0.2) is 24.3 Å². The first-order valence-electron chi connectivity index (χ1n) is 11.5. The Morgan fingerprint density at radius 1 is 1.07 bits per heavy atom. The van der Waals surface area contributed by atoms with Crippen molar-refractivity contribution in [1.29, 1.82) is 0 Å². The van der Waals surface area contributed by atoms with Crippen molar-refractivity contribution in [3.8, 4) is 5.75 Å². The molecule has 0 aromatic heterocycles. The fourth-order valence-electron chi connectivity index (χ4n) is 4.35. The van der Waals surface area contributed by atoms with E-state index in [-0.39, 0.29) is 12.1 Å². The standard InChI is InChI=1S/C23H36N4O3/c1-2-30-21-11-7-6-10-20(21)26-22(28)24-15-12-18-13-16-27(17-14-18)23(29)25-19-8-4-3-5-9-19/h6-7,10-11,18-19H,2-5,8-9,12-17H2,1H3,(H,25,29)(H2,24,26,28). The van der Waals surface area contributed by atoms with Gasteiger partial charge in [-0.3, -0.25) is 0 Å². The molecule has 7 heteroatoms. The Kier molecular flexibility index (Phi) is 8.66. The zero-order valence-corrected chi connectivity index (χ0v) is 18.1. The van der Waals surface area contributed by atoms with Crippen molar-refractivity contribution >= 4 is 17.7 Å². The summed E-state index contributed by atoms with van der Waals surface area (Å²) in [6.07, 6.45) is 8.90. The van der Waals surface area contributed by atoms with Gasteiger partial charge in [-0.25, -0.2) is 9.59 Å². The third-order valence-corrected chi connectivity index (χ3v) is 6.11. The predicted octanol–water partition coefficient (Wildman–Crippen LogP) is 4.35. The number of ether oxygens (including phenoxy) is 1. The van der Waals surface area contributed by atoms with Gasteiger partial charge in [-0.15, -0.1) is 0 Å². The zero-order valence-electron chi connectivity index (χ0n) is 18.1. The van der Waals surface area contributed by atoms with Crippen molar-refractivity contribution in [2.24, 2.45) is 5.92 Å². The maximum Gasteiger partial charge on any atom is 0.319 e. The number of urea groups is 2. The highest BCUT2D eigenvalue weighted by Crippen LogP contribution is 2.24.